The molecule has 1 aliphatic rings. The summed E-state index contributed by atoms with van der Waals surface area (Å²) in [4.78, 5) is 20.4. The van der Waals surface area contributed by atoms with Crippen molar-refractivity contribution in [2.24, 2.45) is 0 Å². The third-order valence-corrected chi connectivity index (χ3v) is 6.54. The lowest BCUT2D eigenvalue weighted by Crippen LogP contribution is -2.40. The topological polar surface area (TPSA) is 109 Å². The molecule has 1 aliphatic heterocycles. The number of rotatable bonds is 9. The SMILES string of the molecule is CCCN(c1cc(CC(=O)Nc2ccc(F)cc2)cc(-c2ccccc2-c2nn[nH]n2)n1)C1CCOCC1. The van der Waals surface area contributed by atoms with Crippen LogP contribution in [0.25, 0.3) is 22.6 Å². The maximum absolute atomic E-state index is 13.3. The first kappa shape index (κ1) is 25.5. The lowest BCUT2D eigenvalue weighted by atomic mass is 10.0. The molecule has 0 unspecified atom stereocenters. The van der Waals surface area contributed by atoms with Crippen LogP contribution in [0.3, 0.4) is 0 Å². The number of pyridine rings is 1. The Hall–Kier alpha value is -4.18. The molecule has 1 saturated heterocycles. The maximum Gasteiger partial charge on any atom is 0.228 e. The van der Waals surface area contributed by atoms with Gasteiger partial charge in [-0.1, -0.05) is 31.2 Å². The Morgan fingerprint density at radius 1 is 1.11 bits per heavy atom. The number of nitrogens with one attached hydrogen (secondary N) is 2. The van der Waals surface area contributed by atoms with E-state index in [1.54, 1.807) is 12.1 Å². The van der Waals surface area contributed by atoms with E-state index in [-0.39, 0.29) is 18.1 Å². The van der Waals surface area contributed by atoms with Crippen molar-refractivity contribution < 1.29 is 13.9 Å². The van der Waals surface area contributed by atoms with Gasteiger partial charge in [-0.3, -0.25) is 4.79 Å². The van der Waals surface area contributed by atoms with Gasteiger partial charge < -0.3 is 15.0 Å². The predicted octanol–water partition coefficient (Wildman–Crippen LogP) is 4.64. The number of hydrogen-bond acceptors (Lipinski definition) is 7. The Morgan fingerprint density at radius 3 is 2.58 bits per heavy atom. The number of amides is 1. The molecule has 2 aromatic heterocycles. The molecule has 1 amide bonds. The summed E-state index contributed by atoms with van der Waals surface area (Å²) in [7, 11) is 0. The molecule has 0 saturated carbocycles. The molecule has 0 radical (unpaired) electrons. The van der Waals surface area contributed by atoms with Crippen LogP contribution < -0.4 is 10.2 Å². The molecule has 0 spiro atoms. The van der Waals surface area contributed by atoms with Crippen LogP contribution in [0.5, 0.6) is 0 Å². The van der Waals surface area contributed by atoms with Crippen LogP contribution >= 0.6 is 0 Å². The van der Waals surface area contributed by atoms with E-state index in [1.807, 2.05) is 36.4 Å². The van der Waals surface area contributed by atoms with E-state index in [0.717, 1.165) is 67.2 Å². The molecular formula is C28H30FN7O2. The fraction of sp³-hybridized carbons (Fsp3) is 0.321. The number of carbonyl (C=O) groups is 1. The van der Waals surface area contributed by atoms with E-state index in [1.165, 1.54) is 12.1 Å². The van der Waals surface area contributed by atoms with Gasteiger partial charge in [0, 0.05) is 42.6 Å². The summed E-state index contributed by atoms with van der Waals surface area (Å²) in [6, 6.07) is 17.7. The summed E-state index contributed by atoms with van der Waals surface area (Å²) in [6.07, 6.45) is 2.94. The standard InChI is InChI=1S/C28H30FN7O2/c1-2-13-36(22-11-14-38-15-12-22)26-17-19(18-27(37)30-21-9-7-20(29)8-10-21)16-25(31-26)23-5-3-4-6-24(23)28-32-34-35-33-28/h3-10,16-17,22H,2,11-15,18H2,1H3,(H,30,37)(H,32,33,34,35). The summed E-state index contributed by atoms with van der Waals surface area (Å²) in [5.74, 6) is 0.747. The second-order valence-corrected chi connectivity index (χ2v) is 9.27. The minimum atomic E-state index is -0.351. The van der Waals surface area contributed by atoms with Crippen molar-refractivity contribution >= 4 is 17.4 Å². The third kappa shape index (κ3) is 6.03. The van der Waals surface area contributed by atoms with E-state index in [0.29, 0.717) is 17.6 Å². The van der Waals surface area contributed by atoms with Crippen molar-refractivity contribution in [1.82, 2.24) is 25.6 Å². The second kappa shape index (κ2) is 11.9. The van der Waals surface area contributed by atoms with Crippen LogP contribution in [-0.2, 0) is 16.0 Å². The van der Waals surface area contributed by atoms with Crippen molar-refractivity contribution in [3.8, 4) is 22.6 Å². The van der Waals surface area contributed by atoms with E-state index in [2.05, 4.69) is 37.8 Å². The molecule has 3 heterocycles. The van der Waals surface area contributed by atoms with E-state index >= 15 is 0 Å². The largest absolute Gasteiger partial charge is 0.381 e. The first-order chi connectivity index (χ1) is 18.6. The molecule has 5 rings (SSSR count). The number of tetrazole rings is 1. The quantitative estimate of drug-likeness (QED) is 0.334. The average Bonchev–Trinajstić information content (AvgIpc) is 3.48. The minimum absolute atomic E-state index is 0.137. The Morgan fingerprint density at radius 2 is 1.87 bits per heavy atom. The zero-order valence-corrected chi connectivity index (χ0v) is 21.2. The number of hydrogen-bond donors (Lipinski definition) is 2. The molecule has 1 fully saturated rings. The first-order valence-electron chi connectivity index (χ1n) is 12.8. The highest BCUT2D eigenvalue weighted by atomic mass is 19.1. The number of aromatic nitrogens is 5. The number of ether oxygens (including phenoxy) is 1. The van der Waals surface area contributed by atoms with Crippen molar-refractivity contribution in [2.75, 3.05) is 30.0 Å². The molecular weight excluding hydrogens is 485 g/mol. The minimum Gasteiger partial charge on any atom is -0.381 e. The molecule has 0 aliphatic carbocycles. The molecule has 0 bridgehead atoms. The summed E-state index contributed by atoms with van der Waals surface area (Å²) in [5, 5.41) is 17.4. The van der Waals surface area contributed by atoms with E-state index in [9.17, 15) is 9.18 Å². The zero-order valence-electron chi connectivity index (χ0n) is 21.2. The van der Waals surface area contributed by atoms with Gasteiger partial charge in [-0.2, -0.15) is 5.21 Å². The zero-order chi connectivity index (χ0) is 26.3. The number of nitrogens with zero attached hydrogens (tertiary/aromatic N) is 5. The highest BCUT2D eigenvalue weighted by Gasteiger charge is 2.24. The van der Waals surface area contributed by atoms with Gasteiger partial charge in [-0.25, -0.2) is 9.37 Å². The van der Waals surface area contributed by atoms with Gasteiger partial charge in [0.2, 0.25) is 11.7 Å². The molecule has 9 nitrogen and oxygen atoms in total. The average molecular weight is 516 g/mol. The first-order valence-corrected chi connectivity index (χ1v) is 12.8. The summed E-state index contributed by atoms with van der Waals surface area (Å²) in [5.41, 5.74) is 3.73. The van der Waals surface area contributed by atoms with Crippen LogP contribution in [0.2, 0.25) is 0 Å². The molecule has 2 N–H and O–H groups in total. The maximum atomic E-state index is 13.3. The van der Waals surface area contributed by atoms with Gasteiger partial charge in [0.1, 0.15) is 11.6 Å². The molecule has 4 aromatic rings. The lowest BCUT2D eigenvalue weighted by Gasteiger charge is -2.35. The highest BCUT2D eigenvalue weighted by Crippen LogP contribution is 2.32. The normalized spacial score (nSPS) is 13.8. The van der Waals surface area contributed by atoms with Crippen LogP contribution in [-0.4, -0.2) is 57.3 Å². The predicted molar refractivity (Wildman–Crippen MR) is 143 cm³/mol. The Labute approximate surface area is 220 Å². The van der Waals surface area contributed by atoms with Gasteiger partial charge >= 0.3 is 0 Å². The van der Waals surface area contributed by atoms with Crippen molar-refractivity contribution in [2.45, 2.75) is 38.6 Å². The van der Waals surface area contributed by atoms with Crippen LogP contribution in [0.1, 0.15) is 31.7 Å². The molecule has 196 valence electrons. The number of benzene rings is 2. The number of carbonyl (C=O) groups excluding carboxylic acids is 1. The van der Waals surface area contributed by atoms with Crippen molar-refractivity contribution in [3.63, 3.8) is 0 Å². The van der Waals surface area contributed by atoms with Gasteiger partial charge in [0.25, 0.3) is 0 Å². The van der Waals surface area contributed by atoms with Gasteiger partial charge in [-0.15, -0.1) is 10.2 Å². The molecule has 0 atom stereocenters. The molecule has 10 heteroatoms. The highest BCUT2D eigenvalue weighted by molar-refractivity contribution is 5.92. The Balaban J connectivity index is 1.53. The fourth-order valence-corrected chi connectivity index (χ4v) is 4.78. The van der Waals surface area contributed by atoms with E-state index < -0.39 is 0 Å². The smallest absolute Gasteiger partial charge is 0.228 e. The second-order valence-electron chi connectivity index (χ2n) is 9.27. The Kier molecular flexibility index (Phi) is 7.98. The number of aromatic amines is 1. The fourth-order valence-electron chi connectivity index (χ4n) is 4.78. The third-order valence-electron chi connectivity index (χ3n) is 6.54. The van der Waals surface area contributed by atoms with Gasteiger partial charge in [0.05, 0.1) is 12.1 Å². The van der Waals surface area contributed by atoms with Crippen LogP contribution in [0, 0.1) is 5.82 Å². The van der Waals surface area contributed by atoms with Gasteiger partial charge in [0.15, 0.2) is 0 Å². The lowest BCUT2D eigenvalue weighted by molar-refractivity contribution is -0.115. The number of halogens is 1. The summed E-state index contributed by atoms with van der Waals surface area (Å²) in [6.45, 7) is 4.43. The van der Waals surface area contributed by atoms with Crippen molar-refractivity contribution in [3.05, 3.63) is 72.0 Å². The number of H-pyrrole nitrogens is 1. The summed E-state index contributed by atoms with van der Waals surface area (Å²) < 4.78 is 18.9. The van der Waals surface area contributed by atoms with Crippen molar-refractivity contribution in [1.29, 1.82) is 0 Å². The Bertz CT molecular complexity index is 1360. The molecule has 38 heavy (non-hydrogen) atoms. The summed E-state index contributed by atoms with van der Waals surface area (Å²) >= 11 is 0. The molecule has 2 aromatic carbocycles. The van der Waals surface area contributed by atoms with E-state index in [4.69, 9.17) is 9.72 Å². The van der Waals surface area contributed by atoms with Gasteiger partial charge in [-0.05, 0) is 66.4 Å². The van der Waals surface area contributed by atoms with Crippen LogP contribution in [0.15, 0.2) is 60.7 Å². The monoisotopic (exact) mass is 515 g/mol. The number of anilines is 2. The van der Waals surface area contributed by atoms with Crippen LogP contribution in [0.4, 0.5) is 15.9 Å².